The van der Waals surface area contributed by atoms with Gasteiger partial charge >= 0.3 is 0 Å². The third-order valence-corrected chi connectivity index (χ3v) is 3.57. The molecule has 2 unspecified atom stereocenters. The smallest absolute Gasteiger partial charge is 0.186 e. The molecular formula is C11H20O10. The van der Waals surface area contributed by atoms with E-state index < -0.39 is 55.3 Å². The van der Waals surface area contributed by atoms with Crippen molar-refractivity contribution >= 4 is 0 Å². The summed E-state index contributed by atoms with van der Waals surface area (Å²) >= 11 is 0. The minimum absolute atomic E-state index is 0.249. The highest BCUT2D eigenvalue weighted by Crippen LogP contribution is 2.22. The maximum Gasteiger partial charge on any atom is 0.186 e. The van der Waals surface area contributed by atoms with E-state index in [9.17, 15) is 35.7 Å². The first-order valence-corrected chi connectivity index (χ1v) is 6.48. The summed E-state index contributed by atoms with van der Waals surface area (Å²) in [5, 5.41) is 66.2. The van der Waals surface area contributed by atoms with Crippen LogP contribution in [-0.2, 0) is 14.2 Å². The summed E-state index contributed by atoms with van der Waals surface area (Å²) in [6, 6.07) is 0. The topological polar surface area (TPSA) is 169 Å². The average Bonchev–Trinajstić information content (AvgIpc) is 2.46. The van der Waals surface area contributed by atoms with Gasteiger partial charge in [-0.25, -0.2) is 0 Å². The van der Waals surface area contributed by atoms with Gasteiger partial charge in [-0.1, -0.05) is 0 Å². The van der Waals surface area contributed by atoms with Gasteiger partial charge in [0.15, 0.2) is 12.6 Å². The molecule has 0 amide bonds. The zero-order chi connectivity index (χ0) is 15.7. The van der Waals surface area contributed by atoms with Gasteiger partial charge in [-0.2, -0.15) is 0 Å². The highest BCUT2D eigenvalue weighted by Gasteiger charge is 2.44. The lowest BCUT2D eigenvalue weighted by molar-refractivity contribution is -0.312. The molecule has 2 fully saturated rings. The van der Waals surface area contributed by atoms with Crippen LogP contribution in [0.1, 0.15) is 0 Å². The highest BCUT2D eigenvalue weighted by atomic mass is 16.7. The summed E-state index contributed by atoms with van der Waals surface area (Å²) in [6.45, 7) is -0.631. The van der Waals surface area contributed by atoms with Gasteiger partial charge in [-0.3, -0.25) is 0 Å². The molecule has 10 nitrogen and oxygen atoms in total. The van der Waals surface area contributed by atoms with Crippen LogP contribution in [0.15, 0.2) is 0 Å². The zero-order valence-electron chi connectivity index (χ0n) is 11.0. The fourth-order valence-electron chi connectivity index (χ4n) is 2.18. The van der Waals surface area contributed by atoms with E-state index in [0.717, 1.165) is 0 Å². The quantitative estimate of drug-likeness (QED) is 0.268. The van der Waals surface area contributed by atoms with Crippen molar-refractivity contribution in [3.63, 3.8) is 0 Å². The maximum absolute atomic E-state index is 9.70. The normalized spacial score (nSPS) is 51.9. The monoisotopic (exact) mass is 312 g/mol. The van der Waals surface area contributed by atoms with Crippen molar-refractivity contribution in [2.45, 2.75) is 55.3 Å². The Labute approximate surface area is 119 Å². The molecule has 7 N–H and O–H groups in total. The fourth-order valence-corrected chi connectivity index (χ4v) is 2.18. The SMILES string of the molecule is OC1O[C@H](COC2OC[C@@H](O)[C@H](O)[C@H]2O)[C@H](O)[C@H](O)[C@H]1O. The lowest BCUT2D eigenvalue weighted by atomic mass is 9.99. The second-order valence-electron chi connectivity index (χ2n) is 5.12. The number of hydrogen-bond donors (Lipinski definition) is 7. The van der Waals surface area contributed by atoms with E-state index in [0.29, 0.717) is 0 Å². The summed E-state index contributed by atoms with van der Waals surface area (Å²) in [6.07, 6.45) is -13.1. The summed E-state index contributed by atoms with van der Waals surface area (Å²) < 4.78 is 15.0. The largest absolute Gasteiger partial charge is 0.388 e. The Morgan fingerprint density at radius 1 is 0.810 bits per heavy atom. The molecule has 0 radical (unpaired) electrons. The molecule has 0 aromatic heterocycles. The lowest BCUT2D eigenvalue weighted by Crippen LogP contribution is -2.59. The Morgan fingerprint density at radius 3 is 2.14 bits per heavy atom. The van der Waals surface area contributed by atoms with Gasteiger partial charge < -0.3 is 50.0 Å². The molecule has 2 aliphatic heterocycles. The molecule has 0 aliphatic carbocycles. The Hall–Kier alpha value is -0.400. The fraction of sp³-hybridized carbons (Fsp3) is 1.00. The predicted octanol–water partition coefficient (Wildman–Crippen LogP) is -4.76. The summed E-state index contributed by atoms with van der Waals surface area (Å²) in [5.41, 5.74) is 0. The molecule has 10 heteroatoms. The molecule has 0 aromatic rings. The summed E-state index contributed by atoms with van der Waals surface area (Å²) in [4.78, 5) is 0. The van der Waals surface area contributed by atoms with Crippen LogP contribution in [0, 0.1) is 0 Å². The average molecular weight is 312 g/mol. The van der Waals surface area contributed by atoms with Crippen molar-refractivity contribution in [2.75, 3.05) is 13.2 Å². The second-order valence-corrected chi connectivity index (χ2v) is 5.12. The van der Waals surface area contributed by atoms with Crippen LogP contribution in [0.25, 0.3) is 0 Å². The van der Waals surface area contributed by atoms with Crippen LogP contribution in [0.5, 0.6) is 0 Å². The number of hydrogen-bond acceptors (Lipinski definition) is 10. The number of aliphatic hydroxyl groups excluding tert-OH is 7. The van der Waals surface area contributed by atoms with E-state index in [4.69, 9.17) is 14.2 Å². The molecule has 124 valence electrons. The van der Waals surface area contributed by atoms with Crippen molar-refractivity contribution in [2.24, 2.45) is 0 Å². The molecular weight excluding hydrogens is 292 g/mol. The van der Waals surface area contributed by atoms with Crippen molar-refractivity contribution in [3.8, 4) is 0 Å². The Balaban J connectivity index is 1.88. The molecule has 0 aromatic carbocycles. The Kier molecular flexibility index (Phi) is 5.48. The standard InChI is InChI=1S/C11H20O10/c12-3-1-19-11(9(17)5(3)13)20-2-4-6(14)7(15)8(16)10(18)21-4/h3-18H,1-2H2/t3-,4-,5+,6+,7+,8-,9-,10?,11?/m1/s1. The van der Waals surface area contributed by atoms with Crippen LogP contribution < -0.4 is 0 Å². The van der Waals surface area contributed by atoms with Gasteiger partial charge in [-0.15, -0.1) is 0 Å². The van der Waals surface area contributed by atoms with Gasteiger partial charge in [-0.05, 0) is 0 Å². The second kappa shape index (κ2) is 6.79. The predicted molar refractivity (Wildman–Crippen MR) is 62.6 cm³/mol. The van der Waals surface area contributed by atoms with Gasteiger partial charge in [0.05, 0.1) is 13.2 Å². The lowest BCUT2D eigenvalue weighted by Gasteiger charge is -2.40. The van der Waals surface area contributed by atoms with Crippen molar-refractivity contribution in [1.82, 2.24) is 0 Å². The van der Waals surface area contributed by atoms with E-state index >= 15 is 0 Å². The van der Waals surface area contributed by atoms with Crippen LogP contribution >= 0.6 is 0 Å². The van der Waals surface area contributed by atoms with E-state index in [-0.39, 0.29) is 13.2 Å². The van der Waals surface area contributed by atoms with Gasteiger partial charge in [0, 0.05) is 0 Å². The highest BCUT2D eigenvalue weighted by molar-refractivity contribution is 4.89. The molecule has 2 saturated heterocycles. The molecule has 0 saturated carbocycles. The van der Waals surface area contributed by atoms with Crippen molar-refractivity contribution in [1.29, 1.82) is 0 Å². The molecule has 2 rings (SSSR count). The summed E-state index contributed by atoms with van der Waals surface area (Å²) in [7, 11) is 0. The molecule has 2 aliphatic rings. The van der Waals surface area contributed by atoms with Crippen LogP contribution in [0.4, 0.5) is 0 Å². The summed E-state index contributed by atoms with van der Waals surface area (Å²) in [5.74, 6) is 0. The molecule has 21 heavy (non-hydrogen) atoms. The van der Waals surface area contributed by atoms with Gasteiger partial charge in [0.1, 0.15) is 42.7 Å². The van der Waals surface area contributed by atoms with E-state index in [1.54, 1.807) is 0 Å². The van der Waals surface area contributed by atoms with E-state index in [1.807, 2.05) is 0 Å². The van der Waals surface area contributed by atoms with Crippen LogP contribution in [-0.4, -0.2) is 104 Å². The van der Waals surface area contributed by atoms with E-state index in [2.05, 4.69) is 0 Å². The first-order valence-electron chi connectivity index (χ1n) is 6.48. The molecule has 0 bridgehead atoms. The van der Waals surface area contributed by atoms with Crippen LogP contribution in [0.3, 0.4) is 0 Å². The van der Waals surface area contributed by atoms with E-state index in [1.165, 1.54) is 0 Å². The zero-order valence-corrected chi connectivity index (χ0v) is 11.0. The first kappa shape index (κ1) is 17.0. The van der Waals surface area contributed by atoms with Gasteiger partial charge in [0.2, 0.25) is 0 Å². The number of rotatable bonds is 3. The van der Waals surface area contributed by atoms with Gasteiger partial charge in [0.25, 0.3) is 0 Å². The Bertz CT molecular complexity index is 341. The molecule has 9 atom stereocenters. The van der Waals surface area contributed by atoms with Crippen molar-refractivity contribution < 1.29 is 50.0 Å². The third-order valence-electron chi connectivity index (χ3n) is 3.57. The van der Waals surface area contributed by atoms with Crippen LogP contribution in [0.2, 0.25) is 0 Å². The number of ether oxygens (including phenoxy) is 3. The minimum Gasteiger partial charge on any atom is -0.388 e. The maximum atomic E-state index is 9.70. The molecule has 0 spiro atoms. The Morgan fingerprint density at radius 2 is 1.48 bits per heavy atom. The third kappa shape index (κ3) is 3.51. The molecule has 2 heterocycles. The first-order chi connectivity index (χ1) is 9.82. The number of aliphatic hydroxyl groups is 7. The minimum atomic E-state index is -1.69. The van der Waals surface area contributed by atoms with Crippen molar-refractivity contribution in [3.05, 3.63) is 0 Å².